The van der Waals surface area contributed by atoms with E-state index in [1.54, 1.807) is 28.6 Å². The van der Waals surface area contributed by atoms with Gasteiger partial charge in [0, 0.05) is 38.8 Å². The van der Waals surface area contributed by atoms with Crippen LogP contribution in [-0.4, -0.2) is 51.5 Å². The Labute approximate surface area is 133 Å². The number of imidazole rings is 1. The summed E-state index contributed by atoms with van der Waals surface area (Å²) in [6.45, 7) is 2.13. The molecule has 0 aliphatic carbocycles. The summed E-state index contributed by atoms with van der Waals surface area (Å²) < 4.78 is 1.65. The van der Waals surface area contributed by atoms with Crippen LogP contribution in [0.1, 0.15) is 10.4 Å². The quantitative estimate of drug-likeness (QED) is 0.629. The van der Waals surface area contributed by atoms with E-state index in [-0.39, 0.29) is 11.7 Å². The molecule has 3 rings (SSSR count). The van der Waals surface area contributed by atoms with E-state index in [2.05, 4.69) is 4.98 Å². The zero-order valence-corrected chi connectivity index (χ0v) is 12.8. The number of benzene rings is 1. The van der Waals surface area contributed by atoms with Gasteiger partial charge in [0.05, 0.1) is 0 Å². The first-order valence-electron chi connectivity index (χ1n) is 7.33. The summed E-state index contributed by atoms with van der Waals surface area (Å²) >= 11 is 0. The van der Waals surface area contributed by atoms with E-state index in [0.29, 0.717) is 37.6 Å². The van der Waals surface area contributed by atoms with Gasteiger partial charge in [-0.15, -0.1) is 0 Å². The summed E-state index contributed by atoms with van der Waals surface area (Å²) in [6, 6.07) is 9.13. The van der Waals surface area contributed by atoms with Gasteiger partial charge in [-0.3, -0.25) is 9.36 Å². The predicted octanol–water partition coefficient (Wildman–Crippen LogP) is 1.29. The third-order valence-electron chi connectivity index (χ3n) is 3.95. The fraction of sp³-hybridized carbons (Fsp3) is 0.333. The van der Waals surface area contributed by atoms with E-state index in [1.165, 1.54) is 6.33 Å². The van der Waals surface area contributed by atoms with Gasteiger partial charge in [0.15, 0.2) is 0 Å². The van der Waals surface area contributed by atoms with Crippen LogP contribution in [0.15, 0.2) is 36.7 Å². The minimum absolute atomic E-state index is 0.00949. The van der Waals surface area contributed by atoms with Crippen molar-refractivity contribution < 1.29 is 9.72 Å². The van der Waals surface area contributed by atoms with Crippen LogP contribution in [0, 0.1) is 10.1 Å². The Balaban J connectivity index is 1.71. The van der Waals surface area contributed by atoms with Crippen molar-refractivity contribution in [2.45, 2.75) is 0 Å². The minimum atomic E-state index is -0.475. The second-order valence-electron chi connectivity index (χ2n) is 5.41. The van der Waals surface area contributed by atoms with Gasteiger partial charge in [0.25, 0.3) is 5.91 Å². The number of nitrogens with zero attached hydrogens (tertiary/aromatic N) is 5. The normalized spacial score (nSPS) is 14.8. The summed E-state index contributed by atoms with van der Waals surface area (Å²) in [4.78, 5) is 30.5. The van der Waals surface area contributed by atoms with Crippen molar-refractivity contribution in [3.8, 4) is 0 Å². The fourth-order valence-electron chi connectivity index (χ4n) is 2.79. The lowest BCUT2D eigenvalue weighted by molar-refractivity contribution is -0.388. The topological polar surface area (TPSA) is 84.5 Å². The number of hydrogen-bond donors (Lipinski definition) is 0. The van der Waals surface area contributed by atoms with Crippen LogP contribution in [0.25, 0.3) is 0 Å². The summed E-state index contributed by atoms with van der Waals surface area (Å²) in [5, 5.41) is 11.1. The van der Waals surface area contributed by atoms with Crippen molar-refractivity contribution in [2.24, 2.45) is 7.05 Å². The second-order valence-corrected chi connectivity index (χ2v) is 5.41. The van der Waals surface area contributed by atoms with Crippen LogP contribution in [-0.2, 0) is 7.05 Å². The first-order chi connectivity index (χ1) is 11.1. The molecule has 8 heteroatoms. The number of nitro groups is 1. The van der Waals surface area contributed by atoms with Crippen LogP contribution < -0.4 is 4.90 Å². The average Bonchev–Trinajstić information content (AvgIpc) is 2.97. The molecular weight excluding hydrogens is 298 g/mol. The highest BCUT2D eigenvalue weighted by atomic mass is 16.6. The Bertz CT molecular complexity index is 720. The molecule has 120 valence electrons. The van der Waals surface area contributed by atoms with Gasteiger partial charge in [0.2, 0.25) is 12.1 Å². The fourth-order valence-corrected chi connectivity index (χ4v) is 2.79. The number of aromatic nitrogens is 2. The van der Waals surface area contributed by atoms with Crippen molar-refractivity contribution >= 4 is 17.5 Å². The third-order valence-corrected chi connectivity index (χ3v) is 3.95. The maximum atomic E-state index is 12.4. The van der Waals surface area contributed by atoms with E-state index in [4.69, 9.17) is 0 Å². The lowest BCUT2D eigenvalue weighted by Crippen LogP contribution is -2.49. The smallest absolute Gasteiger partial charge is 0.358 e. The molecule has 0 unspecified atom stereocenters. The minimum Gasteiger partial charge on any atom is -0.358 e. The van der Waals surface area contributed by atoms with Crippen molar-refractivity contribution in [3.63, 3.8) is 0 Å². The highest BCUT2D eigenvalue weighted by Gasteiger charge is 2.29. The molecule has 1 fully saturated rings. The average molecular weight is 315 g/mol. The molecule has 1 saturated heterocycles. The molecule has 23 heavy (non-hydrogen) atoms. The van der Waals surface area contributed by atoms with Crippen molar-refractivity contribution in [2.75, 3.05) is 31.1 Å². The van der Waals surface area contributed by atoms with Crippen LogP contribution in [0.3, 0.4) is 0 Å². The third kappa shape index (κ3) is 2.87. The van der Waals surface area contributed by atoms with Crippen molar-refractivity contribution in [1.82, 2.24) is 14.5 Å². The molecule has 1 aliphatic rings. The first kappa shape index (κ1) is 15.0. The highest BCUT2D eigenvalue weighted by Crippen LogP contribution is 2.26. The van der Waals surface area contributed by atoms with Crippen LogP contribution in [0.2, 0.25) is 0 Å². The van der Waals surface area contributed by atoms with Crippen LogP contribution >= 0.6 is 0 Å². The SMILES string of the molecule is Cn1cnc([N+](=O)[O-])c1N1CCN(C(=O)c2ccccc2)CC1. The Hall–Kier alpha value is -2.90. The van der Waals surface area contributed by atoms with Gasteiger partial charge >= 0.3 is 5.82 Å². The maximum absolute atomic E-state index is 12.4. The zero-order valence-electron chi connectivity index (χ0n) is 12.8. The van der Waals surface area contributed by atoms with Gasteiger partial charge in [-0.05, 0) is 22.0 Å². The van der Waals surface area contributed by atoms with Gasteiger partial charge in [-0.1, -0.05) is 18.2 Å². The number of carbonyl (C=O) groups is 1. The number of rotatable bonds is 3. The predicted molar refractivity (Wildman–Crippen MR) is 84.4 cm³/mol. The number of aryl methyl sites for hydroxylation is 1. The van der Waals surface area contributed by atoms with E-state index in [0.717, 1.165) is 0 Å². The molecule has 0 radical (unpaired) electrons. The Morgan fingerprint density at radius 1 is 1.17 bits per heavy atom. The van der Waals surface area contributed by atoms with Crippen LogP contribution in [0.5, 0.6) is 0 Å². The maximum Gasteiger partial charge on any atom is 0.406 e. The standard InChI is InChI=1S/C15H17N5O3/c1-17-11-16-13(20(22)23)14(17)18-7-9-19(10-8-18)15(21)12-5-3-2-4-6-12/h2-6,11H,7-10H2,1H3. The highest BCUT2D eigenvalue weighted by molar-refractivity contribution is 5.94. The Morgan fingerprint density at radius 2 is 1.83 bits per heavy atom. The summed E-state index contributed by atoms with van der Waals surface area (Å²) in [6.07, 6.45) is 1.44. The Kier molecular flexibility index (Phi) is 3.96. The molecule has 0 atom stereocenters. The van der Waals surface area contributed by atoms with Gasteiger partial charge < -0.3 is 19.9 Å². The van der Waals surface area contributed by atoms with Gasteiger partial charge in [-0.25, -0.2) is 0 Å². The molecule has 0 spiro atoms. The summed E-state index contributed by atoms with van der Waals surface area (Å²) in [5.41, 5.74) is 0.660. The molecule has 0 saturated carbocycles. The summed E-state index contributed by atoms with van der Waals surface area (Å²) in [7, 11) is 1.73. The molecule has 0 bridgehead atoms. The van der Waals surface area contributed by atoms with E-state index >= 15 is 0 Å². The molecule has 1 aromatic heterocycles. The molecule has 1 aromatic carbocycles. The summed E-state index contributed by atoms with van der Waals surface area (Å²) in [5.74, 6) is 0.335. The molecule has 1 aliphatic heterocycles. The lowest BCUT2D eigenvalue weighted by Gasteiger charge is -2.35. The van der Waals surface area contributed by atoms with Crippen molar-refractivity contribution in [1.29, 1.82) is 0 Å². The van der Waals surface area contributed by atoms with E-state index in [9.17, 15) is 14.9 Å². The molecule has 0 N–H and O–H groups in total. The zero-order chi connectivity index (χ0) is 16.4. The lowest BCUT2D eigenvalue weighted by atomic mass is 10.2. The molecular formula is C15H17N5O3. The van der Waals surface area contributed by atoms with Gasteiger partial charge in [0.1, 0.15) is 0 Å². The molecule has 2 aromatic rings. The second kappa shape index (κ2) is 6.07. The van der Waals surface area contributed by atoms with E-state index < -0.39 is 4.92 Å². The number of anilines is 1. The number of carbonyl (C=O) groups excluding carboxylic acids is 1. The molecule has 2 heterocycles. The van der Waals surface area contributed by atoms with Crippen LogP contribution in [0.4, 0.5) is 11.6 Å². The van der Waals surface area contributed by atoms with Crippen molar-refractivity contribution in [3.05, 3.63) is 52.3 Å². The first-order valence-corrected chi connectivity index (χ1v) is 7.33. The Morgan fingerprint density at radius 3 is 2.43 bits per heavy atom. The monoisotopic (exact) mass is 315 g/mol. The number of amides is 1. The molecule has 8 nitrogen and oxygen atoms in total. The number of hydrogen-bond acceptors (Lipinski definition) is 5. The largest absolute Gasteiger partial charge is 0.406 e. The van der Waals surface area contributed by atoms with E-state index in [1.807, 2.05) is 23.1 Å². The molecule has 1 amide bonds. The number of piperazine rings is 1. The van der Waals surface area contributed by atoms with Gasteiger partial charge in [-0.2, -0.15) is 0 Å².